The Morgan fingerprint density at radius 2 is 2.05 bits per heavy atom. The zero-order chi connectivity index (χ0) is 16.7. The van der Waals surface area contributed by atoms with Crippen LogP contribution in [0.1, 0.15) is 25.1 Å². The summed E-state index contributed by atoms with van der Waals surface area (Å²) in [6, 6.07) is -0.533. The monoisotopic (exact) mass is 307 g/mol. The van der Waals surface area contributed by atoms with Crippen LogP contribution < -0.4 is 5.32 Å². The molecule has 0 spiro atoms. The highest BCUT2D eigenvalue weighted by Crippen LogP contribution is 2.20. The predicted molar refractivity (Wildman–Crippen MR) is 78.7 cm³/mol. The lowest BCUT2D eigenvalue weighted by atomic mass is 10.0. The van der Waals surface area contributed by atoms with Gasteiger partial charge in [0, 0.05) is 31.9 Å². The highest BCUT2D eigenvalue weighted by Gasteiger charge is 2.46. The average molecular weight is 307 g/mol. The molecule has 2 heterocycles. The SMILES string of the molecule is Cc1c(CN(C)C(=O)CN2C(=O)NC(=O)C2(C)C)cnn1C. The molecule has 2 rings (SSSR count). The third-order valence-electron chi connectivity index (χ3n) is 4.16. The molecule has 1 fully saturated rings. The van der Waals surface area contributed by atoms with Gasteiger partial charge in [-0.1, -0.05) is 0 Å². The van der Waals surface area contributed by atoms with Crippen LogP contribution in [-0.4, -0.2) is 56.6 Å². The van der Waals surface area contributed by atoms with E-state index < -0.39 is 17.5 Å². The maximum atomic E-state index is 12.3. The molecule has 1 aromatic rings. The lowest BCUT2D eigenvalue weighted by Gasteiger charge is -2.29. The largest absolute Gasteiger partial charge is 0.340 e. The third kappa shape index (κ3) is 2.68. The normalized spacial score (nSPS) is 16.9. The number of nitrogens with zero attached hydrogens (tertiary/aromatic N) is 4. The molecule has 8 heteroatoms. The van der Waals surface area contributed by atoms with Crippen molar-refractivity contribution < 1.29 is 14.4 Å². The molecule has 0 saturated carbocycles. The first kappa shape index (κ1) is 16.0. The molecule has 8 nitrogen and oxygen atoms in total. The number of imide groups is 1. The second-order valence-electron chi connectivity index (χ2n) is 6.03. The highest BCUT2D eigenvalue weighted by atomic mass is 16.2. The molecule has 4 amide bonds. The van der Waals surface area contributed by atoms with Gasteiger partial charge in [0.05, 0.1) is 6.20 Å². The molecule has 0 atom stereocenters. The van der Waals surface area contributed by atoms with Crippen LogP contribution in [0.25, 0.3) is 0 Å². The molecular formula is C14H21N5O3. The van der Waals surface area contributed by atoms with Gasteiger partial charge in [0.1, 0.15) is 12.1 Å². The Bertz CT molecular complexity index is 634. The number of likely N-dealkylation sites (N-methyl/N-ethyl adjacent to an activating group) is 1. The number of urea groups is 1. The predicted octanol–water partition coefficient (Wildman–Crippen LogP) is 0.0173. The molecule has 1 aliphatic heterocycles. The van der Waals surface area contributed by atoms with E-state index in [-0.39, 0.29) is 12.5 Å². The van der Waals surface area contributed by atoms with Crippen LogP contribution in [0.2, 0.25) is 0 Å². The fourth-order valence-corrected chi connectivity index (χ4v) is 2.26. The second kappa shape index (κ2) is 5.43. The smallest absolute Gasteiger partial charge is 0.325 e. The van der Waals surface area contributed by atoms with E-state index in [4.69, 9.17) is 0 Å². The van der Waals surface area contributed by atoms with Gasteiger partial charge in [0.2, 0.25) is 5.91 Å². The van der Waals surface area contributed by atoms with Crippen molar-refractivity contribution in [2.75, 3.05) is 13.6 Å². The van der Waals surface area contributed by atoms with Crippen LogP contribution in [0.4, 0.5) is 4.79 Å². The summed E-state index contributed by atoms with van der Waals surface area (Å²) in [6.07, 6.45) is 1.72. The summed E-state index contributed by atoms with van der Waals surface area (Å²) >= 11 is 0. The second-order valence-corrected chi connectivity index (χ2v) is 6.03. The quantitative estimate of drug-likeness (QED) is 0.794. The van der Waals surface area contributed by atoms with Crippen molar-refractivity contribution in [2.24, 2.45) is 7.05 Å². The number of hydrogen-bond donors (Lipinski definition) is 1. The number of aryl methyl sites for hydroxylation is 1. The first-order valence-corrected chi connectivity index (χ1v) is 6.99. The number of rotatable bonds is 4. The molecular weight excluding hydrogens is 286 g/mol. The van der Waals surface area contributed by atoms with Crippen molar-refractivity contribution in [3.63, 3.8) is 0 Å². The molecule has 0 aliphatic carbocycles. The van der Waals surface area contributed by atoms with Crippen molar-refractivity contribution in [3.05, 3.63) is 17.5 Å². The van der Waals surface area contributed by atoms with Gasteiger partial charge in [0.25, 0.3) is 5.91 Å². The van der Waals surface area contributed by atoms with Crippen LogP contribution in [0.15, 0.2) is 6.20 Å². The summed E-state index contributed by atoms with van der Waals surface area (Å²) < 4.78 is 1.74. The van der Waals surface area contributed by atoms with Gasteiger partial charge in [0.15, 0.2) is 0 Å². The van der Waals surface area contributed by atoms with Crippen LogP contribution >= 0.6 is 0 Å². The first-order chi connectivity index (χ1) is 10.1. The number of carbonyl (C=O) groups excluding carboxylic acids is 3. The minimum atomic E-state index is -1.02. The van der Waals surface area contributed by atoms with Gasteiger partial charge in [-0.3, -0.25) is 19.6 Å². The van der Waals surface area contributed by atoms with Crippen LogP contribution in [0.5, 0.6) is 0 Å². The fourth-order valence-electron chi connectivity index (χ4n) is 2.26. The molecule has 0 bridgehead atoms. The van der Waals surface area contributed by atoms with Crippen molar-refractivity contribution >= 4 is 17.8 Å². The van der Waals surface area contributed by atoms with Crippen molar-refractivity contribution in [1.29, 1.82) is 0 Å². The molecule has 1 aromatic heterocycles. The number of hydrogen-bond acceptors (Lipinski definition) is 4. The lowest BCUT2D eigenvalue weighted by Crippen LogP contribution is -2.49. The Morgan fingerprint density at radius 1 is 1.41 bits per heavy atom. The Morgan fingerprint density at radius 3 is 2.50 bits per heavy atom. The molecule has 1 N–H and O–H groups in total. The van der Waals surface area contributed by atoms with E-state index in [1.54, 1.807) is 31.8 Å². The average Bonchev–Trinajstić information content (AvgIpc) is 2.84. The summed E-state index contributed by atoms with van der Waals surface area (Å²) in [6.45, 7) is 5.43. The van der Waals surface area contributed by atoms with E-state index in [1.165, 1.54) is 9.80 Å². The maximum Gasteiger partial charge on any atom is 0.325 e. The lowest BCUT2D eigenvalue weighted by molar-refractivity contribution is -0.133. The summed E-state index contributed by atoms with van der Waals surface area (Å²) in [5.74, 6) is -0.628. The van der Waals surface area contributed by atoms with Crippen molar-refractivity contribution in [3.8, 4) is 0 Å². The van der Waals surface area contributed by atoms with Crippen molar-refractivity contribution in [1.82, 2.24) is 24.9 Å². The zero-order valence-corrected chi connectivity index (χ0v) is 13.5. The molecule has 1 aliphatic rings. The van der Waals surface area contributed by atoms with E-state index in [0.29, 0.717) is 6.54 Å². The molecule has 0 unspecified atom stereocenters. The standard InChI is InChI=1S/C14H21N5O3/c1-9-10(6-15-18(9)5)7-17(4)11(20)8-19-13(22)16-12(21)14(19,2)3/h6H,7-8H2,1-5H3,(H,16,21,22). The van der Waals surface area contributed by atoms with E-state index in [9.17, 15) is 14.4 Å². The third-order valence-corrected chi connectivity index (χ3v) is 4.16. The van der Waals surface area contributed by atoms with E-state index in [2.05, 4.69) is 10.4 Å². The Balaban J connectivity index is 2.04. The summed E-state index contributed by atoms with van der Waals surface area (Å²) in [7, 11) is 3.50. The van der Waals surface area contributed by atoms with Gasteiger partial charge >= 0.3 is 6.03 Å². The fraction of sp³-hybridized carbons (Fsp3) is 0.571. The number of nitrogens with one attached hydrogen (secondary N) is 1. The molecule has 22 heavy (non-hydrogen) atoms. The van der Waals surface area contributed by atoms with Gasteiger partial charge in [-0.15, -0.1) is 0 Å². The van der Waals surface area contributed by atoms with E-state index >= 15 is 0 Å². The van der Waals surface area contributed by atoms with Gasteiger partial charge in [-0.05, 0) is 20.8 Å². The Hall–Kier alpha value is -2.38. The Labute approximate surface area is 129 Å². The molecule has 120 valence electrons. The van der Waals surface area contributed by atoms with Gasteiger partial charge in [-0.25, -0.2) is 4.79 Å². The van der Waals surface area contributed by atoms with E-state index in [1.807, 2.05) is 14.0 Å². The van der Waals surface area contributed by atoms with Crippen LogP contribution in [0, 0.1) is 6.92 Å². The first-order valence-electron chi connectivity index (χ1n) is 6.99. The zero-order valence-electron chi connectivity index (χ0n) is 13.5. The summed E-state index contributed by atoms with van der Waals surface area (Å²) in [5, 5.41) is 6.36. The molecule has 0 radical (unpaired) electrons. The summed E-state index contributed by atoms with van der Waals surface area (Å²) in [4.78, 5) is 38.6. The topological polar surface area (TPSA) is 87.5 Å². The van der Waals surface area contributed by atoms with Crippen molar-refractivity contribution in [2.45, 2.75) is 32.9 Å². The number of amides is 4. The molecule has 0 aromatic carbocycles. The number of aromatic nitrogens is 2. The van der Waals surface area contributed by atoms with Crippen LogP contribution in [-0.2, 0) is 23.2 Å². The molecule has 1 saturated heterocycles. The van der Waals surface area contributed by atoms with Gasteiger partial charge in [-0.2, -0.15) is 5.10 Å². The summed E-state index contributed by atoms with van der Waals surface area (Å²) in [5.41, 5.74) is 0.909. The Kier molecular flexibility index (Phi) is 3.95. The van der Waals surface area contributed by atoms with Crippen LogP contribution in [0.3, 0.4) is 0 Å². The number of carbonyl (C=O) groups is 3. The van der Waals surface area contributed by atoms with Gasteiger partial charge < -0.3 is 9.80 Å². The minimum absolute atomic E-state index is 0.139. The highest BCUT2D eigenvalue weighted by molar-refractivity contribution is 6.07. The maximum absolute atomic E-state index is 12.3. The minimum Gasteiger partial charge on any atom is -0.340 e. The van der Waals surface area contributed by atoms with E-state index in [0.717, 1.165) is 11.3 Å².